The van der Waals surface area contributed by atoms with Gasteiger partial charge in [-0.15, -0.1) is 5.10 Å². The second kappa shape index (κ2) is 5.35. The maximum atomic E-state index is 12.5. The predicted molar refractivity (Wildman–Crippen MR) is 84.3 cm³/mol. The van der Waals surface area contributed by atoms with E-state index in [9.17, 15) is 4.79 Å². The van der Waals surface area contributed by atoms with Crippen LogP contribution in [0.5, 0.6) is 0 Å². The van der Waals surface area contributed by atoms with Gasteiger partial charge in [-0.25, -0.2) is 0 Å². The summed E-state index contributed by atoms with van der Waals surface area (Å²) < 4.78 is 1.46. The van der Waals surface area contributed by atoms with Crippen LogP contribution in [-0.2, 0) is 6.67 Å². The summed E-state index contributed by atoms with van der Waals surface area (Å²) in [6, 6.07) is 18.1. The Kier molecular flexibility index (Phi) is 3.20. The summed E-state index contributed by atoms with van der Waals surface area (Å²) >= 11 is 0. The zero-order valence-electron chi connectivity index (χ0n) is 12.1. The quantitative estimate of drug-likeness (QED) is 0.742. The minimum absolute atomic E-state index is 0.0793. The van der Waals surface area contributed by atoms with E-state index < -0.39 is 0 Å². The first kappa shape index (κ1) is 13.2. The molecule has 110 valence electrons. The third-order valence-electron chi connectivity index (χ3n) is 4.26. The molecule has 4 rings (SSSR count). The van der Waals surface area contributed by atoms with Crippen LogP contribution in [0.3, 0.4) is 0 Å². The number of hydrogen-bond donors (Lipinski definition) is 0. The van der Waals surface area contributed by atoms with Crippen LogP contribution in [0.4, 0.5) is 0 Å². The molecule has 1 saturated heterocycles. The first-order chi connectivity index (χ1) is 10.8. The van der Waals surface area contributed by atoms with Crippen LogP contribution >= 0.6 is 0 Å². The highest BCUT2D eigenvalue weighted by Gasteiger charge is 2.29. The van der Waals surface area contributed by atoms with Gasteiger partial charge in [-0.05, 0) is 24.1 Å². The molecule has 0 saturated carbocycles. The molecule has 1 aromatic heterocycles. The fourth-order valence-electron chi connectivity index (χ4n) is 2.95. The Morgan fingerprint density at radius 3 is 2.59 bits per heavy atom. The summed E-state index contributed by atoms with van der Waals surface area (Å²) in [6.07, 6.45) is 1.11. The Morgan fingerprint density at radius 1 is 1.05 bits per heavy atom. The summed E-state index contributed by atoms with van der Waals surface area (Å²) in [5, 5.41) is 8.83. The zero-order valence-corrected chi connectivity index (χ0v) is 12.1. The highest BCUT2D eigenvalue weighted by molar-refractivity contribution is 5.76. The normalized spacial score (nSPS) is 18.3. The Morgan fingerprint density at radius 2 is 1.82 bits per heavy atom. The van der Waals surface area contributed by atoms with Crippen molar-refractivity contribution >= 4 is 10.9 Å². The molecule has 2 heterocycles. The van der Waals surface area contributed by atoms with Crippen molar-refractivity contribution in [1.82, 2.24) is 19.9 Å². The monoisotopic (exact) mass is 292 g/mol. The minimum atomic E-state index is -0.0793. The molecule has 0 amide bonds. The fraction of sp³-hybridized carbons (Fsp3) is 0.235. The van der Waals surface area contributed by atoms with E-state index in [4.69, 9.17) is 0 Å². The van der Waals surface area contributed by atoms with Crippen molar-refractivity contribution in [1.29, 1.82) is 0 Å². The van der Waals surface area contributed by atoms with Crippen molar-refractivity contribution in [2.24, 2.45) is 0 Å². The second-order valence-electron chi connectivity index (χ2n) is 5.58. The highest BCUT2D eigenvalue weighted by atomic mass is 16.1. The molecule has 0 aliphatic carbocycles. The average molecular weight is 292 g/mol. The Hall–Kier alpha value is -2.53. The van der Waals surface area contributed by atoms with Gasteiger partial charge in [0.25, 0.3) is 5.56 Å². The molecule has 2 aromatic carbocycles. The highest BCUT2D eigenvalue weighted by Crippen LogP contribution is 2.32. The van der Waals surface area contributed by atoms with E-state index in [1.54, 1.807) is 6.07 Å². The van der Waals surface area contributed by atoms with Gasteiger partial charge < -0.3 is 0 Å². The Labute approximate surface area is 127 Å². The van der Waals surface area contributed by atoms with E-state index in [1.807, 2.05) is 36.4 Å². The second-order valence-corrected chi connectivity index (χ2v) is 5.58. The van der Waals surface area contributed by atoms with Crippen LogP contribution in [-0.4, -0.2) is 26.4 Å². The predicted octanol–water partition coefficient (Wildman–Crippen LogP) is 2.20. The lowest BCUT2D eigenvalue weighted by molar-refractivity contribution is 0.0468. The molecule has 1 aliphatic heterocycles. The van der Waals surface area contributed by atoms with Crippen LogP contribution in [0.2, 0.25) is 0 Å². The molecule has 3 aromatic rings. The van der Waals surface area contributed by atoms with Gasteiger partial charge in [-0.3, -0.25) is 9.69 Å². The van der Waals surface area contributed by atoms with Gasteiger partial charge in [-0.2, -0.15) is 4.68 Å². The number of nitrogens with zero attached hydrogens (tertiary/aromatic N) is 4. The standard InChI is InChI=1S/C17H16N4O/c22-17-14-8-4-5-9-15(14)18-19-21(17)12-20-11-10-16(20)13-6-2-1-3-7-13/h1-9,16H,10-12H2. The molecule has 0 N–H and O–H groups in total. The number of fused-ring (bicyclic) bond motifs is 1. The van der Waals surface area contributed by atoms with Gasteiger partial charge in [0.1, 0.15) is 5.52 Å². The topological polar surface area (TPSA) is 51.0 Å². The van der Waals surface area contributed by atoms with Gasteiger partial charge in [-0.1, -0.05) is 47.7 Å². The molecule has 0 radical (unpaired) electrons. The lowest BCUT2D eigenvalue weighted by Gasteiger charge is -2.40. The molecular formula is C17H16N4O. The number of benzene rings is 2. The van der Waals surface area contributed by atoms with Crippen molar-refractivity contribution in [2.75, 3.05) is 6.54 Å². The molecule has 22 heavy (non-hydrogen) atoms. The van der Waals surface area contributed by atoms with E-state index in [0.29, 0.717) is 23.6 Å². The largest absolute Gasteiger partial charge is 0.278 e. The van der Waals surface area contributed by atoms with E-state index in [-0.39, 0.29) is 5.56 Å². The number of hydrogen-bond acceptors (Lipinski definition) is 4. The molecule has 1 fully saturated rings. The maximum Gasteiger partial charge on any atom is 0.278 e. The van der Waals surface area contributed by atoms with Crippen molar-refractivity contribution in [3.63, 3.8) is 0 Å². The van der Waals surface area contributed by atoms with Crippen molar-refractivity contribution in [3.8, 4) is 0 Å². The van der Waals surface area contributed by atoms with Crippen LogP contribution in [0.1, 0.15) is 18.0 Å². The number of rotatable bonds is 3. The minimum Gasteiger partial charge on any atom is -0.277 e. The molecule has 0 spiro atoms. The molecule has 5 nitrogen and oxygen atoms in total. The van der Waals surface area contributed by atoms with Crippen molar-refractivity contribution in [3.05, 3.63) is 70.5 Å². The van der Waals surface area contributed by atoms with Crippen LogP contribution < -0.4 is 5.56 Å². The first-order valence-corrected chi connectivity index (χ1v) is 7.44. The van der Waals surface area contributed by atoms with E-state index in [2.05, 4.69) is 27.3 Å². The molecule has 1 aliphatic rings. The number of aromatic nitrogens is 3. The summed E-state index contributed by atoms with van der Waals surface area (Å²) in [5.74, 6) is 0. The summed E-state index contributed by atoms with van der Waals surface area (Å²) in [6.45, 7) is 1.46. The number of likely N-dealkylation sites (tertiary alicyclic amines) is 1. The molecule has 0 bridgehead atoms. The smallest absolute Gasteiger partial charge is 0.277 e. The van der Waals surface area contributed by atoms with Crippen LogP contribution in [0.25, 0.3) is 10.9 Å². The lowest BCUT2D eigenvalue weighted by Crippen LogP contribution is -2.44. The van der Waals surface area contributed by atoms with Gasteiger partial charge >= 0.3 is 0 Å². The summed E-state index contributed by atoms with van der Waals surface area (Å²) in [4.78, 5) is 14.7. The summed E-state index contributed by atoms with van der Waals surface area (Å²) in [5.41, 5.74) is 1.85. The van der Waals surface area contributed by atoms with E-state index in [0.717, 1.165) is 13.0 Å². The van der Waals surface area contributed by atoms with E-state index >= 15 is 0 Å². The third kappa shape index (κ3) is 2.19. The van der Waals surface area contributed by atoms with Gasteiger partial charge in [0, 0.05) is 12.6 Å². The Bertz CT molecular complexity index is 859. The van der Waals surface area contributed by atoms with Crippen LogP contribution in [0.15, 0.2) is 59.4 Å². The van der Waals surface area contributed by atoms with Crippen molar-refractivity contribution in [2.45, 2.75) is 19.1 Å². The first-order valence-electron chi connectivity index (χ1n) is 7.44. The molecule has 1 unspecified atom stereocenters. The van der Waals surface area contributed by atoms with E-state index in [1.165, 1.54) is 10.2 Å². The van der Waals surface area contributed by atoms with Gasteiger partial charge in [0.2, 0.25) is 0 Å². The lowest BCUT2D eigenvalue weighted by atomic mass is 9.95. The third-order valence-corrected chi connectivity index (χ3v) is 4.26. The van der Waals surface area contributed by atoms with Gasteiger partial charge in [0.05, 0.1) is 12.1 Å². The van der Waals surface area contributed by atoms with Gasteiger partial charge in [0.15, 0.2) is 0 Å². The molecule has 5 heteroatoms. The van der Waals surface area contributed by atoms with Crippen molar-refractivity contribution < 1.29 is 0 Å². The molecule has 1 atom stereocenters. The summed E-state index contributed by atoms with van der Waals surface area (Å²) in [7, 11) is 0. The Balaban J connectivity index is 1.62. The fourth-order valence-corrected chi connectivity index (χ4v) is 2.95. The maximum absolute atomic E-state index is 12.5. The zero-order chi connectivity index (χ0) is 14.9. The van der Waals surface area contributed by atoms with Crippen LogP contribution in [0, 0.1) is 0 Å². The molecular weight excluding hydrogens is 276 g/mol. The SMILES string of the molecule is O=c1c2ccccc2nnn1CN1CCC1c1ccccc1. The average Bonchev–Trinajstić information content (AvgIpc) is 2.54.